The molecule has 0 aromatic heterocycles. The smallest absolute Gasteiger partial charge is 0.192 e. The van der Waals surface area contributed by atoms with Crippen LogP contribution in [0.4, 0.5) is 0 Å². The van der Waals surface area contributed by atoms with Crippen molar-refractivity contribution in [2.45, 2.75) is 51.4 Å². The van der Waals surface area contributed by atoms with Gasteiger partial charge in [0.05, 0.1) is 19.8 Å². The molecule has 1 heterocycles. The molecule has 2 rings (SSSR count). The zero-order chi connectivity index (χ0) is 17.1. The quantitative estimate of drug-likeness (QED) is 0.715. The lowest BCUT2D eigenvalue weighted by atomic mass is 9.99. The molecule has 0 saturated heterocycles. The van der Waals surface area contributed by atoms with E-state index >= 15 is 0 Å². The summed E-state index contributed by atoms with van der Waals surface area (Å²) in [5.41, 5.74) is 2.54. The van der Waals surface area contributed by atoms with E-state index in [4.69, 9.17) is 9.16 Å². The lowest BCUT2D eigenvalue weighted by Gasteiger charge is -2.36. The minimum absolute atomic E-state index is 0.120. The van der Waals surface area contributed by atoms with Gasteiger partial charge in [0.25, 0.3) is 0 Å². The largest absolute Gasteiger partial charge is 0.497 e. The summed E-state index contributed by atoms with van der Waals surface area (Å²) in [5.74, 6) is 0.886. The van der Waals surface area contributed by atoms with Crippen molar-refractivity contribution in [1.82, 2.24) is 0 Å². The second-order valence-electron chi connectivity index (χ2n) is 7.59. The van der Waals surface area contributed by atoms with Crippen LogP contribution in [0.25, 0.3) is 5.57 Å². The fourth-order valence-corrected chi connectivity index (χ4v) is 3.27. The predicted octanol–water partition coefficient (Wildman–Crippen LogP) is 4.94. The van der Waals surface area contributed by atoms with Gasteiger partial charge in [-0.3, -0.25) is 4.99 Å². The molecule has 0 amide bonds. The number of hydrogen-bond acceptors (Lipinski definition) is 3. The maximum Gasteiger partial charge on any atom is 0.192 e. The van der Waals surface area contributed by atoms with E-state index in [-0.39, 0.29) is 11.1 Å². The Kier molecular flexibility index (Phi) is 5.47. The minimum Gasteiger partial charge on any atom is -0.497 e. The first-order chi connectivity index (χ1) is 10.7. The van der Waals surface area contributed by atoms with E-state index in [2.05, 4.69) is 57.1 Å². The molecule has 0 fully saturated rings. The Labute approximate surface area is 141 Å². The van der Waals surface area contributed by atoms with Gasteiger partial charge < -0.3 is 9.16 Å². The van der Waals surface area contributed by atoms with Crippen LogP contribution in [-0.4, -0.2) is 34.3 Å². The molecule has 1 atom stereocenters. The molecule has 0 spiro atoms. The maximum absolute atomic E-state index is 6.31. The minimum atomic E-state index is -1.72. The monoisotopic (exact) mass is 331 g/mol. The predicted molar refractivity (Wildman–Crippen MR) is 101 cm³/mol. The van der Waals surface area contributed by atoms with E-state index < -0.39 is 8.32 Å². The SMILES string of the molecule is COc1ccc(C2=CC(CO[Si](C)(C)C(C)(C)C)N=CC2)cc1. The van der Waals surface area contributed by atoms with Gasteiger partial charge in [0, 0.05) is 12.6 Å². The molecule has 3 nitrogen and oxygen atoms in total. The zero-order valence-electron chi connectivity index (χ0n) is 15.2. The van der Waals surface area contributed by atoms with Crippen LogP contribution in [0.5, 0.6) is 5.75 Å². The number of aliphatic imine (C=N–C) groups is 1. The van der Waals surface area contributed by atoms with Crippen molar-refractivity contribution < 1.29 is 9.16 Å². The summed E-state index contributed by atoms with van der Waals surface area (Å²) in [5, 5.41) is 0.230. The van der Waals surface area contributed by atoms with E-state index in [1.807, 2.05) is 18.3 Å². The second kappa shape index (κ2) is 7.01. The van der Waals surface area contributed by atoms with Crippen LogP contribution >= 0.6 is 0 Å². The molecule has 1 aromatic rings. The maximum atomic E-state index is 6.31. The number of benzene rings is 1. The topological polar surface area (TPSA) is 30.8 Å². The average Bonchev–Trinajstić information content (AvgIpc) is 2.52. The highest BCUT2D eigenvalue weighted by Gasteiger charge is 2.37. The molecular formula is C19H29NO2Si. The molecule has 23 heavy (non-hydrogen) atoms. The van der Waals surface area contributed by atoms with Crippen molar-refractivity contribution in [1.29, 1.82) is 0 Å². The summed E-state index contributed by atoms with van der Waals surface area (Å²) in [6, 6.07) is 8.34. The summed E-state index contributed by atoms with van der Waals surface area (Å²) in [4.78, 5) is 4.60. The molecule has 0 N–H and O–H groups in total. The highest BCUT2D eigenvalue weighted by Crippen LogP contribution is 2.37. The molecule has 0 radical (unpaired) electrons. The van der Waals surface area contributed by atoms with Crippen LogP contribution in [-0.2, 0) is 4.43 Å². The second-order valence-corrected chi connectivity index (χ2v) is 12.4. The standard InChI is InChI=1S/C19H29NO2Si/c1-19(2,3)23(5,6)22-14-17-13-16(11-12-20-17)15-7-9-18(21-4)10-8-15/h7-10,12-13,17H,11,14H2,1-6H3. The van der Waals surface area contributed by atoms with Crippen LogP contribution in [0.15, 0.2) is 35.3 Å². The Morgan fingerprint density at radius 1 is 1.17 bits per heavy atom. The van der Waals surface area contributed by atoms with E-state index in [0.29, 0.717) is 6.61 Å². The van der Waals surface area contributed by atoms with Crippen molar-refractivity contribution >= 4 is 20.1 Å². The molecule has 126 valence electrons. The first kappa shape index (κ1) is 18.0. The Morgan fingerprint density at radius 2 is 1.83 bits per heavy atom. The Hall–Kier alpha value is -1.39. The van der Waals surface area contributed by atoms with Crippen molar-refractivity contribution in [2.75, 3.05) is 13.7 Å². The van der Waals surface area contributed by atoms with Crippen LogP contribution in [0.1, 0.15) is 32.8 Å². The number of dihydropyridines is 1. The lowest BCUT2D eigenvalue weighted by molar-refractivity contribution is 0.279. The number of allylic oxidation sites excluding steroid dienone is 1. The van der Waals surface area contributed by atoms with E-state index in [1.165, 1.54) is 11.1 Å². The summed E-state index contributed by atoms with van der Waals surface area (Å²) in [6.45, 7) is 12.0. The van der Waals surface area contributed by atoms with Gasteiger partial charge in [-0.1, -0.05) is 39.0 Å². The van der Waals surface area contributed by atoms with Gasteiger partial charge in [0.15, 0.2) is 8.32 Å². The van der Waals surface area contributed by atoms with Crippen molar-refractivity contribution in [3.05, 3.63) is 35.9 Å². The molecule has 1 aromatic carbocycles. The van der Waals surface area contributed by atoms with Gasteiger partial charge in [-0.15, -0.1) is 0 Å². The summed E-state index contributed by atoms with van der Waals surface area (Å²) >= 11 is 0. The van der Waals surface area contributed by atoms with Crippen LogP contribution in [0, 0.1) is 0 Å². The lowest BCUT2D eigenvalue weighted by Crippen LogP contribution is -2.42. The van der Waals surface area contributed by atoms with Gasteiger partial charge in [-0.05, 0) is 41.4 Å². The third-order valence-electron chi connectivity index (χ3n) is 4.88. The number of hydrogen-bond donors (Lipinski definition) is 0. The molecule has 1 aliphatic rings. The molecule has 1 unspecified atom stereocenters. The number of ether oxygens (including phenoxy) is 1. The van der Waals surface area contributed by atoms with Crippen molar-refractivity contribution in [3.63, 3.8) is 0 Å². The number of nitrogens with zero attached hydrogens (tertiary/aromatic N) is 1. The Balaban J connectivity index is 2.05. The summed E-state index contributed by atoms with van der Waals surface area (Å²) < 4.78 is 11.5. The molecule has 0 bridgehead atoms. The molecular weight excluding hydrogens is 302 g/mol. The molecule has 0 aliphatic carbocycles. The van der Waals surface area contributed by atoms with Crippen LogP contribution in [0.3, 0.4) is 0 Å². The fraction of sp³-hybridized carbons (Fsp3) is 0.526. The van der Waals surface area contributed by atoms with Gasteiger partial charge in [-0.25, -0.2) is 0 Å². The number of rotatable bonds is 5. The highest BCUT2D eigenvalue weighted by molar-refractivity contribution is 6.74. The first-order valence-corrected chi connectivity index (χ1v) is 11.1. The third kappa shape index (κ3) is 4.55. The Morgan fingerprint density at radius 3 is 2.39 bits per heavy atom. The van der Waals surface area contributed by atoms with Crippen LogP contribution in [0.2, 0.25) is 18.1 Å². The zero-order valence-corrected chi connectivity index (χ0v) is 16.2. The molecule has 0 saturated carbocycles. The molecule has 4 heteroatoms. The van der Waals surface area contributed by atoms with E-state index in [0.717, 1.165) is 12.2 Å². The first-order valence-electron chi connectivity index (χ1n) is 8.23. The summed E-state index contributed by atoms with van der Waals surface area (Å²) in [7, 11) is -0.0320. The van der Waals surface area contributed by atoms with E-state index in [1.54, 1.807) is 7.11 Å². The number of methoxy groups -OCH3 is 1. The van der Waals surface area contributed by atoms with Crippen molar-refractivity contribution in [3.8, 4) is 5.75 Å². The highest BCUT2D eigenvalue weighted by atomic mass is 28.4. The average molecular weight is 332 g/mol. The normalized spacial score (nSPS) is 18.7. The molecule has 1 aliphatic heterocycles. The van der Waals surface area contributed by atoms with Gasteiger partial charge >= 0.3 is 0 Å². The van der Waals surface area contributed by atoms with Gasteiger partial charge in [0.1, 0.15) is 5.75 Å². The summed E-state index contributed by atoms with van der Waals surface area (Å²) in [6.07, 6.45) is 5.14. The third-order valence-corrected chi connectivity index (χ3v) is 9.38. The fourth-order valence-electron chi connectivity index (χ4n) is 2.25. The van der Waals surface area contributed by atoms with Gasteiger partial charge in [0.2, 0.25) is 0 Å². The van der Waals surface area contributed by atoms with E-state index in [9.17, 15) is 0 Å². The Bertz CT molecular complexity index is 582. The van der Waals surface area contributed by atoms with Gasteiger partial charge in [-0.2, -0.15) is 0 Å². The van der Waals surface area contributed by atoms with Crippen molar-refractivity contribution in [2.24, 2.45) is 4.99 Å². The van der Waals surface area contributed by atoms with Crippen LogP contribution < -0.4 is 4.74 Å².